The van der Waals surface area contributed by atoms with Gasteiger partial charge in [0.05, 0.1) is 19.3 Å². The van der Waals surface area contributed by atoms with Crippen LogP contribution >= 0.6 is 11.8 Å². The van der Waals surface area contributed by atoms with E-state index in [4.69, 9.17) is 0 Å². The maximum absolute atomic E-state index is 10.8. The Bertz CT molecular complexity index is 796. The molecule has 1 unspecified atom stereocenters. The van der Waals surface area contributed by atoms with Gasteiger partial charge in [0, 0.05) is 55.6 Å². The summed E-state index contributed by atoms with van der Waals surface area (Å²) in [7, 11) is 1.84. The van der Waals surface area contributed by atoms with Crippen LogP contribution in [0.1, 0.15) is 25.0 Å². The summed E-state index contributed by atoms with van der Waals surface area (Å²) >= 11 is 2.02. The van der Waals surface area contributed by atoms with Crippen LogP contribution in [0.5, 0.6) is 0 Å². The molecule has 1 aromatic carbocycles. The number of hydrogen-bond donors (Lipinski definition) is 3. The predicted molar refractivity (Wildman–Crippen MR) is 122 cm³/mol. The fourth-order valence-electron chi connectivity index (χ4n) is 3.20. The van der Waals surface area contributed by atoms with Crippen molar-refractivity contribution < 1.29 is 5.11 Å². The quantitative estimate of drug-likeness (QED) is 0.473. The number of aromatic nitrogens is 2. The minimum absolute atomic E-state index is 0.344. The van der Waals surface area contributed by atoms with Gasteiger partial charge in [-0.05, 0) is 31.5 Å². The number of nitrogens with zero attached hydrogens (tertiary/aromatic N) is 4. The summed E-state index contributed by atoms with van der Waals surface area (Å²) in [6, 6.07) is 8.68. The molecule has 2 aromatic rings. The first-order valence-electron chi connectivity index (χ1n) is 10.1. The van der Waals surface area contributed by atoms with Gasteiger partial charge < -0.3 is 20.6 Å². The molecule has 0 aliphatic carbocycles. The van der Waals surface area contributed by atoms with Gasteiger partial charge in [-0.25, -0.2) is 4.99 Å². The van der Waals surface area contributed by atoms with Crippen molar-refractivity contribution in [3.8, 4) is 0 Å². The molecule has 0 amide bonds. The van der Waals surface area contributed by atoms with Gasteiger partial charge in [0.15, 0.2) is 5.96 Å². The van der Waals surface area contributed by atoms with E-state index >= 15 is 0 Å². The molecular weight excluding hydrogens is 384 g/mol. The van der Waals surface area contributed by atoms with Gasteiger partial charge in [-0.2, -0.15) is 16.9 Å². The van der Waals surface area contributed by atoms with E-state index in [1.165, 1.54) is 17.2 Å². The Morgan fingerprint density at radius 1 is 1.24 bits per heavy atom. The topological polar surface area (TPSA) is 77.7 Å². The summed E-state index contributed by atoms with van der Waals surface area (Å²) in [6.07, 6.45) is 3.52. The Morgan fingerprint density at radius 2 is 1.97 bits per heavy atom. The molecule has 3 rings (SSSR count). The molecule has 7 nitrogen and oxygen atoms in total. The Kier molecular flexibility index (Phi) is 7.44. The molecule has 0 bridgehead atoms. The molecule has 8 heteroatoms. The molecule has 1 aliphatic rings. The first-order valence-corrected chi connectivity index (χ1v) is 11.3. The summed E-state index contributed by atoms with van der Waals surface area (Å²) in [5, 5.41) is 21.4. The normalized spacial score (nSPS) is 17.1. The SMILES string of the molecule is CCNC(=NCc1ccc(N2CCSCC2)cc1)NCC(C)(O)c1cnn(C)c1. The molecule has 1 atom stereocenters. The van der Waals surface area contributed by atoms with Crippen LogP contribution in [-0.4, -0.2) is 58.5 Å². The third kappa shape index (κ3) is 6.14. The third-order valence-electron chi connectivity index (χ3n) is 5.00. The van der Waals surface area contributed by atoms with Crippen molar-refractivity contribution in [2.45, 2.75) is 26.0 Å². The van der Waals surface area contributed by atoms with Crippen LogP contribution in [0.25, 0.3) is 0 Å². The van der Waals surface area contributed by atoms with Crippen molar-refractivity contribution in [1.29, 1.82) is 0 Å². The zero-order valence-corrected chi connectivity index (χ0v) is 18.4. The number of anilines is 1. The van der Waals surface area contributed by atoms with Crippen LogP contribution in [0.4, 0.5) is 5.69 Å². The van der Waals surface area contributed by atoms with E-state index in [9.17, 15) is 5.11 Å². The number of benzene rings is 1. The maximum atomic E-state index is 10.8. The van der Waals surface area contributed by atoms with E-state index < -0.39 is 5.60 Å². The lowest BCUT2D eigenvalue weighted by molar-refractivity contribution is 0.0616. The lowest BCUT2D eigenvalue weighted by Crippen LogP contribution is -2.44. The van der Waals surface area contributed by atoms with Crippen molar-refractivity contribution in [2.75, 3.05) is 42.6 Å². The fourth-order valence-corrected chi connectivity index (χ4v) is 4.11. The van der Waals surface area contributed by atoms with Crippen LogP contribution in [0.3, 0.4) is 0 Å². The number of aliphatic hydroxyl groups is 1. The summed E-state index contributed by atoms with van der Waals surface area (Å²) in [5.41, 5.74) is 2.20. The van der Waals surface area contributed by atoms with Crippen molar-refractivity contribution in [2.24, 2.45) is 12.0 Å². The first-order chi connectivity index (χ1) is 14.0. The molecule has 29 heavy (non-hydrogen) atoms. The number of aliphatic imine (C=N–C) groups is 1. The average Bonchev–Trinajstić information content (AvgIpc) is 3.18. The largest absolute Gasteiger partial charge is 0.383 e. The maximum Gasteiger partial charge on any atom is 0.191 e. The zero-order valence-electron chi connectivity index (χ0n) is 17.6. The van der Waals surface area contributed by atoms with E-state index in [1.807, 2.05) is 31.9 Å². The highest BCUT2D eigenvalue weighted by molar-refractivity contribution is 7.99. The summed E-state index contributed by atoms with van der Waals surface area (Å²) in [4.78, 5) is 7.11. The van der Waals surface area contributed by atoms with E-state index in [2.05, 4.69) is 49.9 Å². The van der Waals surface area contributed by atoms with Gasteiger partial charge in [-0.3, -0.25) is 4.68 Å². The Labute approximate surface area is 177 Å². The van der Waals surface area contributed by atoms with Crippen molar-refractivity contribution in [3.05, 3.63) is 47.8 Å². The van der Waals surface area contributed by atoms with E-state index in [0.717, 1.165) is 30.8 Å². The molecule has 1 saturated heterocycles. The van der Waals surface area contributed by atoms with Gasteiger partial charge in [-0.15, -0.1) is 0 Å². The molecule has 0 spiro atoms. The molecule has 1 aliphatic heterocycles. The molecular formula is C21H32N6OS. The van der Waals surface area contributed by atoms with E-state index in [0.29, 0.717) is 19.0 Å². The van der Waals surface area contributed by atoms with Crippen molar-refractivity contribution in [1.82, 2.24) is 20.4 Å². The van der Waals surface area contributed by atoms with Gasteiger partial charge in [0.25, 0.3) is 0 Å². The van der Waals surface area contributed by atoms with Crippen molar-refractivity contribution in [3.63, 3.8) is 0 Å². The highest BCUT2D eigenvalue weighted by atomic mass is 32.2. The standard InChI is InChI=1S/C21H32N6OS/c1-4-22-20(24-16-21(2,28)18-14-25-26(3)15-18)23-13-17-5-7-19(8-6-17)27-9-11-29-12-10-27/h5-8,14-15,28H,4,9-13,16H2,1-3H3,(H2,22,23,24). The number of rotatable bonds is 7. The van der Waals surface area contributed by atoms with Gasteiger partial charge in [-0.1, -0.05) is 12.1 Å². The summed E-state index contributed by atoms with van der Waals surface area (Å²) < 4.78 is 1.69. The number of hydrogen-bond acceptors (Lipinski definition) is 5. The number of thioether (sulfide) groups is 1. The summed E-state index contributed by atoms with van der Waals surface area (Å²) in [6.45, 7) is 7.73. The predicted octanol–water partition coefficient (Wildman–Crippen LogP) is 1.94. The minimum Gasteiger partial charge on any atom is -0.383 e. The monoisotopic (exact) mass is 416 g/mol. The molecule has 0 saturated carbocycles. The second kappa shape index (κ2) is 10.0. The van der Waals surface area contributed by atoms with Crippen LogP contribution < -0.4 is 15.5 Å². The second-order valence-corrected chi connectivity index (χ2v) is 8.72. The minimum atomic E-state index is -1.03. The molecule has 2 heterocycles. The number of guanidine groups is 1. The lowest BCUT2D eigenvalue weighted by atomic mass is 10.00. The molecule has 3 N–H and O–H groups in total. The number of nitrogens with one attached hydrogen (secondary N) is 2. The zero-order chi connectivity index (χ0) is 20.7. The number of aryl methyl sites for hydroxylation is 1. The highest BCUT2D eigenvalue weighted by Crippen LogP contribution is 2.20. The van der Waals surface area contributed by atoms with E-state index in [-0.39, 0.29) is 0 Å². The molecule has 158 valence electrons. The smallest absolute Gasteiger partial charge is 0.191 e. The van der Waals surface area contributed by atoms with Gasteiger partial charge in [0.1, 0.15) is 5.60 Å². The van der Waals surface area contributed by atoms with E-state index in [1.54, 1.807) is 17.8 Å². The molecule has 1 aromatic heterocycles. The summed E-state index contributed by atoms with van der Waals surface area (Å²) in [5.74, 6) is 3.09. The Hall–Kier alpha value is -2.19. The molecule has 1 fully saturated rings. The lowest BCUT2D eigenvalue weighted by Gasteiger charge is -2.28. The second-order valence-electron chi connectivity index (χ2n) is 7.49. The molecule has 0 radical (unpaired) electrons. The van der Waals surface area contributed by atoms with Crippen LogP contribution in [0, 0.1) is 0 Å². The van der Waals surface area contributed by atoms with Crippen molar-refractivity contribution >= 4 is 23.4 Å². The fraction of sp³-hybridized carbons (Fsp3) is 0.524. The van der Waals surface area contributed by atoms with Crippen LogP contribution in [0.2, 0.25) is 0 Å². The van der Waals surface area contributed by atoms with Crippen LogP contribution in [0.15, 0.2) is 41.7 Å². The first kappa shape index (κ1) is 21.5. The Morgan fingerprint density at radius 3 is 2.59 bits per heavy atom. The third-order valence-corrected chi connectivity index (χ3v) is 5.95. The van der Waals surface area contributed by atoms with Crippen LogP contribution in [-0.2, 0) is 19.2 Å². The highest BCUT2D eigenvalue weighted by Gasteiger charge is 2.25. The van der Waals surface area contributed by atoms with Gasteiger partial charge >= 0.3 is 0 Å². The van der Waals surface area contributed by atoms with Gasteiger partial charge in [0.2, 0.25) is 0 Å². The Balaban J connectivity index is 1.58. The average molecular weight is 417 g/mol.